The van der Waals surface area contributed by atoms with Gasteiger partial charge >= 0.3 is 0 Å². The summed E-state index contributed by atoms with van der Waals surface area (Å²) in [5.41, 5.74) is 14.4. The van der Waals surface area contributed by atoms with Gasteiger partial charge in [0.15, 0.2) is 0 Å². The number of anilines is 2. The largest absolute Gasteiger partial charge is 0.456 e. The minimum atomic E-state index is 0.892. The second-order valence-corrected chi connectivity index (χ2v) is 13.0. The highest BCUT2D eigenvalue weighted by Crippen LogP contribution is 2.39. The topological polar surface area (TPSA) is 30.1 Å². The van der Waals surface area contributed by atoms with Crippen LogP contribution in [0.25, 0.3) is 82.8 Å². The number of nitrogens with zero attached hydrogens (tertiary/aromatic N) is 1. The molecule has 0 bridgehead atoms. The van der Waals surface area contributed by atoms with Gasteiger partial charge in [-0.2, -0.15) is 0 Å². The lowest BCUT2D eigenvalue weighted by molar-refractivity contribution is 0.669. The summed E-state index contributed by atoms with van der Waals surface area (Å²) in [7, 11) is 0. The molecule has 240 valence electrons. The highest BCUT2D eigenvalue weighted by molar-refractivity contribution is 6.10. The van der Waals surface area contributed by atoms with Gasteiger partial charge in [-0.25, -0.2) is 0 Å². The Labute approximate surface area is 295 Å². The summed E-state index contributed by atoms with van der Waals surface area (Å²) in [6.07, 6.45) is 0. The first-order chi connectivity index (χ1) is 25.3. The van der Waals surface area contributed by atoms with Crippen molar-refractivity contribution in [1.82, 2.24) is 4.57 Å². The SMILES string of the molecule is c1ccc(-n2c3ccccc3c3cc(-c4cccc(-c5ccccc5Nc5ccccc5-c5ccc6c(c5)oc5ccccc56)c4)ccc32)cc1. The smallest absolute Gasteiger partial charge is 0.136 e. The molecule has 0 radical (unpaired) electrons. The maximum absolute atomic E-state index is 6.24. The molecular formula is C48H32N2O. The zero-order valence-corrected chi connectivity index (χ0v) is 27.8. The van der Waals surface area contributed by atoms with E-state index in [4.69, 9.17) is 4.42 Å². The minimum absolute atomic E-state index is 0.892. The predicted octanol–water partition coefficient (Wildman–Crippen LogP) is 13.4. The van der Waals surface area contributed by atoms with Gasteiger partial charge in [-0.15, -0.1) is 0 Å². The van der Waals surface area contributed by atoms with Crippen molar-refractivity contribution >= 4 is 55.1 Å². The summed E-state index contributed by atoms with van der Waals surface area (Å²) in [4.78, 5) is 0. The Balaban J connectivity index is 1.02. The van der Waals surface area contributed by atoms with Gasteiger partial charge in [0.25, 0.3) is 0 Å². The molecular weight excluding hydrogens is 621 g/mol. The Morgan fingerprint density at radius 3 is 1.76 bits per heavy atom. The van der Waals surface area contributed by atoms with Gasteiger partial charge in [-0.05, 0) is 89.0 Å². The molecule has 0 saturated heterocycles. The van der Waals surface area contributed by atoms with Crippen LogP contribution in [-0.4, -0.2) is 4.57 Å². The fourth-order valence-electron chi connectivity index (χ4n) is 7.60. The van der Waals surface area contributed by atoms with E-state index in [0.717, 1.165) is 55.6 Å². The molecule has 0 aliphatic carbocycles. The third-order valence-corrected chi connectivity index (χ3v) is 10.0. The first-order valence-electron chi connectivity index (χ1n) is 17.3. The second kappa shape index (κ2) is 11.9. The van der Waals surface area contributed by atoms with E-state index in [0.29, 0.717) is 0 Å². The van der Waals surface area contributed by atoms with Crippen molar-refractivity contribution in [2.24, 2.45) is 0 Å². The van der Waals surface area contributed by atoms with Crippen LogP contribution in [0.3, 0.4) is 0 Å². The van der Waals surface area contributed by atoms with Crippen LogP contribution in [0, 0.1) is 0 Å². The Morgan fingerprint density at radius 2 is 0.941 bits per heavy atom. The van der Waals surface area contributed by atoms with Crippen LogP contribution >= 0.6 is 0 Å². The summed E-state index contributed by atoms with van der Waals surface area (Å²) in [6.45, 7) is 0. The van der Waals surface area contributed by atoms with E-state index < -0.39 is 0 Å². The van der Waals surface area contributed by atoms with E-state index in [2.05, 4.69) is 186 Å². The molecule has 0 spiro atoms. The van der Waals surface area contributed by atoms with Crippen molar-refractivity contribution in [3.05, 3.63) is 188 Å². The molecule has 1 N–H and O–H groups in total. The fourth-order valence-corrected chi connectivity index (χ4v) is 7.60. The maximum atomic E-state index is 6.24. The van der Waals surface area contributed by atoms with E-state index in [-0.39, 0.29) is 0 Å². The highest BCUT2D eigenvalue weighted by Gasteiger charge is 2.15. The number of rotatable bonds is 6. The Bertz CT molecular complexity index is 2900. The van der Waals surface area contributed by atoms with E-state index >= 15 is 0 Å². The summed E-state index contributed by atoms with van der Waals surface area (Å²) in [5.74, 6) is 0. The van der Waals surface area contributed by atoms with Crippen molar-refractivity contribution in [3.8, 4) is 39.1 Å². The summed E-state index contributed by atoms with van der Waals surface area (Å²) >= 11 is 0. The van der Waals surface area contributed by atoms with Crippen molar-refractivity contribution in [3.63, 3.8) is 0 Å². The number of furan rings is 1. The maximum Gasteiger partial charge on any atom is 0.136 e. The number of hydrogen-bond donors (Lipinski definition) is 1. The predicted molar refractivity (Wildman–Crippen MR) is 214 cm³/mol. The number of aromatic nitrogens is 1. The van der Waals surface area contributed by atoms with Crippen LogP contribution < -0.4 is 5.32 Å². The van der Waals surface area contributed by atoms with Gasteiger partial charge in [0.1, 0.15) is 11.2 Å². The normalized spacial score (nSPS) is 11.5. The van der Waals surface area contributed by atoms with Gasteiger partial charge in [-0.3, -0.25) is 0 Å². The number of hydrogen-bond acceptors (Lipinski definition) is 2. The summed E-state index contributed by atoms with van der Waals surface area (Å²) in [6, 6.07) is 66.8. The van der Waals surface area contributed by atoms with Crippen LogP contribution in [0.1, 0.15) is 0 Å². The lowest BCUT2D eigenvalue weighted by Gasteiger charge is -2.16. The van der Waals surface area contributed by atoms with Gasteiger partial charge in [0, 0.05) is 49.7 Å². The van der Waals surface area contributed by atoms with Crippen molar-refractivity contribution in [2.45, 2.75) is 0 Å². The Morgan fingerprint density at radius 1 is 0.353 bits per heavy atom. The minimum Gasteiger partial charge on any atom is -0.456 e. The van der Waals surface area contributed by atoms with E-state index in [1.54, 1.807) is 0 Å². The van der Waals surface area contributed by atoms with E-state index in [1.165, 1.54) is 38.6 Å². The quantitative estimate of drug-likeness (QED) is 0.194. The molecule has 0 amide bonds. The number of para-hydroxylation sites is 5. The van der Waals surface area contributed by atoms with Crippen LogP contribution in [0.5, 0.6) is 0 Å². The average Bonchev–Trinajstić information content (AvgIpc) is 3.74. The number of fused-ring (bicyclic) bond motifs is 6. The molecule has 0 unspecified atom stereocenters. The summed E-state index contributed by atoms with van der Waals surface area (Å²) < 4.78 is 8.60. The molecule has 8 aromatic carbocycles. The van der Waals surface area contributed by atoms with Gasteiger partial charge < -0.3 is 14.3 Å². The summed E-state index contributed by atoms with van der Waals surface area (Å²) in [5, 5.41) is 8.57. The van der Waals surface area contributed by atoms with Gasteiger partial charge in [0.05, 0.1) is 11.0 Å². The molecule has 3 heteroatoms. The zero-order valence-electron chi connectivity index (χ0n) is 27.8. The van der Waals surface area contributed by atoms with Crippen LogP contribution in [0.15, 0.2) is 192 Å². The molecule has 3 nitrogen and oxygen atoms in total. The monoisotopic (exact) mass is 652 g/mol. The van der Waals surface area contributed by atoms with Crippen LogP contribution in [0.4, 0.5) is 11.4 Å². The standard InChI is InChI=1S/C48H32N2O/c1-2-15-36(16-3-1)50-45-23-10-6-19-39(45)42-30-33(26-28-46(42)50)32-13-12-14-34(29-32)37-17-4-8-21-43(37)49-44-22-9-5-18-38(44)35-25-27-41-40-20-7-11-24-47(40)51-48(41)31-35/h1-31,49H. The molecule has 2 heterocycles. The average molecular weight is 653 g/mol. The first-order valence-corrected chi connectivity index (χ1v) is 17.3. The molecule has 0 aliphatic rings. The van der Waals surface area contributed by atoms with E-state index in [9.17, 15) is 0 Å². The van der Waals surface area contributed by atoms with Crippen molar-refractivity contribution < 1.29 is 4.42 Å². The third kappa shape index (κ3) is 4.98. The molecule has 10 rings (SSSR count). The molecule has 0 fully saturated rings. The number of nitrogens with one attached hydrogen (secondary N) is 1. The fraction of sp³-hybridized carbons (Fsp3) is 0. The zero-order chi connectivity index (χ0) is 33.7. The molecule has 0 saturated carbocycles. The third-order valence-electron chi connectivity index (χ3n) is 10.0. The van der Waals surface area contributed by atoms with E-state index in [1.807, 2.05) is 12.1 Å². The number of benzene rings is 8. The molecule has 2 aromatic heterocycles. The lowest BCUT2D eigenvalue weighted by atomic mass is 9.96. The van der Waals surface area contributed by atoms with Crippen molar-refractivity contribution in [2.75, 3.05) is 5.32 Å². The second-order valence-electron chi connectivity index (χ2n) is 13.0. The lowest BCUT2D eigenvalue weighted by Crippen LogP contribution is -1.96. The highest BCUT2D eigenvalue weighted by atomic mass is 16.3. The Hall–Kier alpha value is -6.84. The van der Waals surface area contributed by atoms with Gasteiger partial charge in [-0.1, -0.05) is 121 Å². The first kappa shape index (κ1) is 29.1. The van der Waals surface area contributed by atoms with Crippen molar-refractivity contribution in [1.29, 1.82) is 0 Å². The Kier molecular flexibility index (Phi) is 6.81. The van der Waals surface area contributed by atoms with Crippen LogP contribution in [-0.2, 0) is 0 Å². The molecule has 0 aliphatic heterocycles. The molecule has 51 heavy (non-hydrogen) atoms. The molecule has 10 aromatic rings. The van der Waals surface area contributed by atoms with Gasteiger partial charge in [0.2, 0.25) is 0 Å². The molecule has 0 atom stereocenters. The van der Waals surface area contributed by atoms with Crippen LogP contribution in [0.2, 0.25) is 0 Å².